The molecule has 9 heavy (non-hydrogen) atoms. The topological polar surface area (TPSA) is 9.23 Å². The van der Waals surface area contributed by atoms with Crippen LogP contribution >= 0.6 is 0 Å². The van der Waals surface area contributed by atoms with E-state index in [-0.39, 0.29) is 0 Å². The van der Waals surface area contributed by atoms with Gasteiger partial charge in [-0.3, -0.25) is 0 Å². The molecule has 0 spiro atoms. The van der Waals surface area contributed by atoms with Crippen molar-refractivity contribution in [3.05, 3.63) is 0 Å². The summed E-state index contributed by atoms with van der Waals surface area (Å²) in [5.41, 5.74) is 0. The molecule has 1 saturated carbocycles. The molecule has 0 radical (unpaired) electrons. The van der Waals surface area contributed by atoms with E-state index in [1.807, 2.05) is 0 Å². The van der Waals surface area contributed by atoms with E-state index in [0.29, 0.717) is 12.2 Å². The summed E-state index contributed by atoms with van der Waals surface area (Å²) in [7, 11) is 0. The monoisotopic (exact) mass is 128 g/mol. The second kappa shape index (κ2) is 2.70. The average molecular weight is 128 g/mol. The molecule has 1 aliphatic carbocycles. The van der Waals surface area contributed by atoms with E-state index >= 15 is 0 Å². The second-order valence-electron chi connectivity index (χ2n) is 3.23. The normalized spacial score (nSPS) is 22.7. The molecular weight excluding hydrogens is 112 g/mol. The van der Waals surface area contributed by atoms with Gasteiger partial charge < -0.3 is 4.74 Å². The van der Waals surface area contributed by atoms with Crippen molar-refractivity contribution in [1.82, 2.24) is 0 Å². The molecular formula is C8H16O. The van der Waals surface area contributed by atoms with E-state index < -0.39 is 0 Å². The first-order chi connectivity index (χ1) is 4.20. The molecule has 0 aromatic carbocycles. The molecule has 0 aromatic heterocycles. The van der Waals surface area contributed by atoms with Gasteiger partial charge in [0.05, 0.1) is 12.2 Å². The van der Waals surface area contributed by atoms with Crippen LogP contribution in [0.25, 0.3) is 0 Å². The van der Waals surface area contributed by atoms with Gasteiger partial charge in [-0.05, 0) is 39.5 Å². The van der Waals surface area contributed by atoms with E-state index in [2.05, 4.69) is 20.8 Å². The van der Waals surface area contributed by atoms with Crippen LogP contribution in [-0.2, 0) is 4.74 Å². The highest BCUT2D eigenvalue weighted by Crippen LogP contribution is 2.34. The lowest BCUT2D eigenvalue weighted by molar-refractivity contribution is 0.00660. The zero-order valence-corrected chi connectivity index (χ0v) is 6.55. The molecule has 0 bridgehead atoms. The molecule has 1 fully saturated rings. The molecule has 1 atom stereocenters. The van der Waals surface area contributed by atoms with Gasteiger partial charge in [0.15, 0.2) is 0 Å². The Morgan fingerprint density at radius 1 is 1.22 bits per heavy atom. The zero-order valence-electron chi connectivity index (χ0n) is 6.55. The van der Waals surface area contributed by atoms with E-state index in [0.717, 1.165) is 5.92 Å². The van der Waals surface area contributed by atoms with E-state index in [4.69, 9.17) is 4.74 Å². The molecule has 0 saturated heterocycles. The summed E-state index contributed by atoms with van der Waals surface area (Å²) in [5, 5.41) is 0. The summed E-state index contributed by atoms with van der Waals surface area (Å²) < 4.78 is 5.57. The van der Waals surface area contributed by atoms with Crippen molar-refractivity contribution in [2.75, 3.05) is 0 Å². The molecule has 1 heteroatoms. The fraction of sp³-hybridized carbons (Fsp3) is 1.00. The molecule has 1 nitrogen and oxygen atoms in total. The first-order valence-electron chi connectivity index (χ1n) is 3.85. The molecule has 0 aromatic rings. The van der Waals surface area contributed by atoms with Crippen molar-refractivity contribution >= 4 is 0 Å². The van der Waals surface area contributed by atoms with Gasteiger partial charge in [-0.15, -0.1) is 0 Å². The van der Waals surface area contributed by atoms with E-state index in [9.17, 15) is 0 Å². The molecule has 0 amide bonds. The predicted molar refractivity (Wildman–Crippen MR) is 38.4 cm³/mol. The van der Waals surface area contributed by atoms with Crippen molar-refractivity contribution in [3.63, 3.8) is 0 Å². The predicted octanol–water partition coefficient (Wildman–Crippen LogP) is 2.21. The highest BCUT2D eigenvalue weighted by atomic mass is 16.5. The van der Waals surface area contributed by atoms with Crippen LogP contribution in [0, 0.1) is 5.92 Å². The van der Waals surface area contributed by atoms with Crippen LogP contribution in [0.3, 0.4) is 0 Å². The largest absolute Gasteiger partial charge is 0.376 e. The van der Waals surface area contributed by atoms with Gasteiger partial charge in [-0.1, -0.05) is 0 Å². The van der Waals surface area contributed by atoms with Crippen molar-refractivity contribution in [3.8, 4) is 0 Å². The Hall–Kier alpha value is -0.0400. The Labute approximate surface area is 57.4 Å². The highest BCUT2D eigenvalue weighted by Gasteiger charge is 2.28. The average Bonchev–Trinajstić information content (AvgIpc) is 2.40. The first kappa shape index (κ1) is 7.07. The maximum atomic E-state index is 5.57. The lowest BCUT2D eigenvalue weighted by Gasteiger charge is -2.14. The third kappa shape index (κ3) is 2.35. The van der Waals surface area contributed by atoms with Crippen LogP contribution in [0.2, 0.25) is 0 Å². The molecule has 1 aliphatic rings. The maximum absolute atomic E-state index is 5.57. The number of ether oxygens (including phenoxy) is 1. The third-order valence-corrected chi connectivity index (χ3v) is 1.77. The number of hydrogen-bond acceptors (Lipinski definition) is 1. The number of rotatable bonds is 3. The second-order valence-corrected chi connectivity index (χ2v) is 3.23. The molecule has 0 heterocycles. The highest BCUT2D eigenvalue weighted by molar-refractivity contribution is 4.79. The summed E-state index contributed by atoms with van der Waals surface area (Å²) in [5.74, 6) is 0.882. The van der Waals surface area contributed by atoms with Gasteiger partial charge in [0, 0.05) is 0 Å². The Balaban J connectivity index is 2.10. The summed E-state index contributed by atoms with van der Waals surface area (Å²) in [6.07, 6.45) is 3.67. The summed E-state index contributed by atoms with van der Waals surface area (Å²) in [4.78, 5) is 0. The summed E-state index contributed by atoms with van der Waals surface area (Å²) in [6.45, 7) is 6.37. The Kier molecular flexibility index (Phi) is 2.12. The molecule has 54 valence electrons. The maximum Gasteiger partial charge on any atom is 0.0578 e. The SMILES string of the molecule is CC(C)O[C@H](C)C1CC1. The van der Waals surface area contributed by atoms with Crippen molar-refractivity contribution in [2.45, 2.75) is 45.8 Å². The summed E-state index contributed by atoms with van der Waals surface area (Å²) >= 11 is 0. The fourth-order valence-electron chi connectivity index (χ4n) is 1.11. The Bertz CT molecular complexity index is 84.6. The van der Waals surface area contributed by atoms with Gasteiger partial charge in [-0.2, -0.15) is 0 Å². The minimum Gasteiger partial charge on any atom is -0.376 e. The van der Waals surface area contributed by atoms with E-state index in [1.54, 1.807) is 0 Å². The van der Waals surface area contributed by atoms with Crippen molar-refractivity contribution in [1.29, 1.82) is 0 Å². The molecule has 0 N–H and O–H groups in total. The fourth-order valence-corrected chi connectivity index (χ4v) is 1.11. The van der Waals surface area contributed by atoms with Gasteiger partial charge in [0.1, 0.15) is 0 Å². The smallest absolute Gasteiger partial charge is 0.0578 e. The molecule has 0 aliphatic heterocycles. The van der Waals surface area contributed by atoms with Crippen LogP contribution in [0.5, 0.6) is 0 Å². The van der Waals surface area contributed by atoms with Crippen LogP contribution in [0.1, 0.15) is 33.6 Å². The number of hydrogen-bond donors (Lipinski definition) is 0. The van der Waals surface area contributed by atoms with Crippen LogP contribution in [0.4, 0.5) is 0 Å². The van der Waals surface area contributed by atoms with Crippen molar-refractivity contribution in [2.24, 2.45) is 5.92 Å². The molecule has 1 rings (SSSR count). The van der Waals surface area contributed by atoms with Gasteiger partial charge >= 0.3 is 0 Å². The van der Waals surface area contributed by atoms with Crippen LogP contribution in [0.15, 0.2) is 0 Å². The quantitative estimate of drug-likeness (QED) is 0.566. The zero-order chi connectivity index (χ0) is 6.85. The van der Waals surface area contributed by atoms with E-state index in [1.165, 1.54) is 12.8 Å². The minimum atomic E-state index is 0.403. The Morgan fingerprint density at radius 2 is 1.78 bits per heavy atom. The third-order valence-electron chi connectivity index (χ3n) is 1.77. The lowest BCUT2D eigenvalue weighted by Crippen LogP contribution is -2.15. The van der Waals surface area contributed by atoms with Gasteiger partial charge in [0.25, 0.3) is 0 Å². The van der Waals surface area contributed by atoms with Gasteiger partial charge in [-0.25, -0.2) is 0 Å². The molecule has 0 unspecified atom stereocenters. The minimum absolute atomic E-state index is 0.403. The van der Waals surface area contributed by atoms with Gasteiger partial charge in [0.2, 0.25) is 0 Å². The van der Waals surface area contributed by atoms with Crippen molar-refractivity contribution < 1.29 is 4.74 Å². The van der Waals surface area contributed by atoms with Crippen LogP contribution < -0.4 is 0 Å². The first-order valence-corrected chi connectivity index (χ1v) is 3.85. The lowest BCUT2D eigenvalue weighted by atomic mass is 10.2. The standard InChI is InChI=1S/C8H16O/c1-6(2)9-7(3)8-4-5-8/h6-8H,4-5H2,1-3H3/t7-/m1/s1. The summed E-state index contributed by atoms with van der Waals surface area (Å²) in [6, 6.07) is 0. The Morgan fingerprint density at radius 3 is 2.11 bits per heavy atom. The van der Waals surface area contributed by atoms with Crippen LogP contribution in [-0.4, -0.2) is 12.2 Å².